The zero-order chi connectivity index (χ0) is 24.6. The van der Waals surface area contributed by atoms with E-state index in [0.29, 0.717) is 0 Å². The van der Waals surface area contributed by atoms with Crippen molar-refractivity contribution in [2.45, 2.75) is 19.4 Å². The molecule has 6 heterocycles. The predicted octanol–water partition coefficient (Wildman–Crippen LogP) is 3.88. The van der Waals surface area contributed by atoms with Gasteiger partial charge in [-0.3, -0.25) is 14.9 Å². The summed E-state index contributed by atoms with van der Waals surface area (Å²) in [6, 6.07) is 8.93. The van der Waals surface area contributed by atoms with Gasteiger partial charge in [0.1, 0.15) is 11.3 Å². The third-order valence-electron chi connectivity index (χ3n) is 7.73. The van der Waals surface area contributed by atoms with Gasteiger partial charge in [-0.05, 0) is 55.3 Å². The van der Waals surface area contributed by atoms with E-state index in [-0.39, 0.29) is 0 Å². The number of fused-ring (bicyclic) bond motifs is 2. The molecule has 0 spiro atoms. The summed E-state index contributed by atoms with van der Waals surface area (Å²) in [4.78, 5) is 22.7. The fourth-order valence-electron chi connectivity index (χ4n) is 5.81. The van der Waals surface area contributed by atoms with Crippen molar-refractivity contribution in [2.24, 2.45) is 0 Å². The topological polar surface area (TPSA) is 85.0 Å². The van der Waals surface area contributed by atoms with Gasteiger partial charge in [0.15, 0.2) is 0 Å². The molecule has 3 aliphatic rings. The largest absolute Gasteiger partial charge is 0.381 e. The summed E-state index contributed by atoms with van der Waals surface area (Å²) in [7, 11) is 0. The zero-order valence-electron chi connectivity index (χ0n) is 21.0. The van der Waals surface area contributed by atoms with Crippen LogP contribution in [-0.2, 0) is 6.54 Å². The van der Waals surface area contributed by atoms with E-state index in [4.69, 9.17) is 4.98 Å². The van der Waals surface area contributed by atoms with Crippen molar-refractivity contribution in [1.82, 2.24) is 30.2 Å². The van der Waals surface area contributed by atoms with E-state index in [1.165, 1.54) is 37.1 Å². The van der Waals surface area contributed by atoms with Crippen LogP contribution in [0.2, 0.25) is 0 Å². The molecular formula is C29H32N8. The van der Waals surface area contributed by atoms with Gasteiger partial charge in [0.2, 0.25) is 0 Å². The monoisotopic (exact) mass is 492 g/mol. The molecular weight excluding hydrogens is 460 g/mol. The van der Waals surface area contributed by atoms with Crippen LogP contribution < -0.4 is 15.5 Å². The fourth-order valence-corrected chi connectivity index (χ4v) is 5.81. The summed E-state index contributed by atoms with van der Waals surface area (Å²) in [6.07, 6.45) is 12.6. The molecule has 8 heteroatoms. The summed E-state index contributed by atoms with van der Waals surface area (Å²) in [5, 5.41) is 6.96. The molecule has 0 radical (unpaired) electrons. The number of imidazole rings is 1. The molecule has 0 amide bonds. The number of H-pyrrole nitrogens is 1. The van der Waals surface area contributed by atoms with Crippen molar-refractivity contribution in [3.63, 3.8) is 0 Å². The van der Waals surface area contributed by atoms with E-state index in [0.717, 1.165) is 84.2 Å². The van der Waals surface area contributed by atoms with Crippen molar-refractivity contribution >= 4 is 28.0 Å². The van der Waals surface area contributed by atoms with Gasteiger partial charge < -0.3 is 20.5 Å². The van der Waals surface area contributed by atoms with Crippen LogP contribution in [0.25, 0.3) is 27.7 Å². The number of aromatic nitrogens is 4. The third kappa shape index (κ3) is 4.36. The average Bonchev–Trinajstić information content (AvgIpc) is 3.63. The molecule has 2 fully saturated rings. The lowest BCUT2D eigenvalue weighted by Gasteiger charge is -2.29. The van der Waals surface area contributed by atoms with Gasteiger partial charge in [0, 0.05) is 74.0 Å². The lowest BCUT2D eigenvalue weighted by atomic mass is 9.95. The van der Waals surface area contributed by atoms with E-state index in [1.54, 1.807) is 0 Å². The number of likely N-dealkylation sites (tertiary alicyclic amines) is 1. The van der Waals surface area contributed by atoms with Crippen LogP contribution in [0, 0.1) is 0 Å². The minimum absolute atomic E-state index is 0.772. The Balaban J connectivity index is 1.23. The van der Waals surface area contributed by atoms with E-state index in [2.05, 4.69) is 65.7 Å². The van der Waals surface area contributed by atoms with Crippen LogP contribution in [0.5, 0.6) is 0 Å². The number of nitrogens with zero attached hydrogens (tertiary/aromatic N) is 5. The Bertz CT molecular complexity index is 1460. The maximum Gasteiger partial charge on any atom is 0.139 e. The standard InChI is InChI=1S/C29H32N8/c1-2-10-36(9-1)19-20-13-22(16-31-15-20)21-3-4-25-24(14-21)23(5-6-33-25)29-34-26-17-32-18-27(28(26)35-29)37-11-7-30-8-12-37/h3-5,13-18,30,33H,1-2,6-12,19H2,(H,34,35). The number of nitrogens with one attached hydrogen (secondary N) is 3. The number of aromatic amines is 1. The SMILES string of the molecule is C1=C(c2nc3c(N4CCNCC4)cncc3[nH]2)c2cc(-c3cncc(CN4CCCC4)c3)ccc2NC1. The predicted molar refractivity (Wildman–Crippen MR) is 149 cm³/mol. The summed E-state index contributed by atoms with van der Waals surface area (Å²) in [5.74, 6) is 0.889. The maximum atomic E-state index is 5.11. The number of pyridine rings is 2. The summed E-state index contributed by atoms with van der Waals surface area (Å²) < 4.78 is 0. The molecule has 0 saturated carbocycles. The maximum absolute atomic E-state index is 5.11. The molecule has 3 aliphatic heterocycles. The summed E-state index contributed by atoms with van der Waals surface area (Å²) in [6.45, 7) is 8.01. The Labute approximate surface area is 216 Å². The number of hydrogen-bond acceptors (Lipinski definition) is 7. The van der Waals surface area contributed by atoms with Crippen LogP contribution in [0.1, 0.15) is 29.8 Å². The normalized spacial score (nSPS) is 18.1. The van der Waals surface area contributed by atoms with Gasteiger partial charge in [-0.2, -0.15) is 0 Å². The molecule has 0 atom stereocenters. The van der Waals surface area contributed by atoms with Gasteiger partial charge in [-0.15, -0.1) is 0 Å². The number of anilines is 2. The first-order valence-corrected chi connectivity index (χ1v) is 13.4. The van der Waals surface area contributed by atoms with Crippen LogP contribution >= 0.6 is 0 Å². The molecule has 188 valence electrons. The Morgan fingerprint density at radius 2 is 1.73 bits per heavy atom. The zero-order valence-corrected chi connectivity index (χ0v) is 21.0. The molecule has 0 bridgehead atoms. The van der Waals surface area contributed by atoms with E-state index in [1.807, 2.05) is 24.8 Å². The third-order valence-corrected chi connectivity index (χ3v) is 7.73. The van der Waals surface area contributed by atoms with Gasteiger partial charge in [-0.1, -0.05) is 12.1 Å². The van der Waals surface area contributed by atoms with Crippen LogP contribution in [0.15, 0.2) is 55.1 Å². The summed E-state index contributed by atoms with van der Waals surface area (Å²) >= 11 is 0. The Hall–Kier alpha value is -3.75. The first kappa shape index (κ1) is 22.4. The molecule has 0 unspecified atom stereocenters. The number of piperazine rings is 1. The lowest BCUT2D eigenvalue weighted by molar-refractivity contribution is 0.331. The average molecular weight is 493 g/mol. The van der Waals surface area contributed by atoms with Crippen LogP contribution in [0.4, 0.5) is 11.4 Å². The first-order valence-electron chi connectivity index (χ1n) is 13.4. The van der Waals surface area contributed by atoms with Crippen molar-refractivity contribution in [2.75, 3.05) is 56.0 Å². The molecule has 7 rings (SSSR count). The molecule has 37 heavy (non-hydrogen) atoms. The summed E-state index contributed by atoms with van der Waals surface area (Å²) in [5.41, 5.74) is 10.1. The van der Waals surface area contributed by atoms with Crippen LogP contribution in [0.3, 0.4) is 0 Å². The molecule has 8 nitrogen and oxygen atoms in total. The molecule has 4 aromatic rings. The van der Waals surface area contributed by atoms with Gasteiger partial charge in [-0.25, -0.2) is 4.98 Å². The van der Waals surface area contributed by atoms with Crippen molar-refractivity contribution in [3.8, 4) is 11.1 Å². The molecule has 1 aromatic carbocycles. The van der Waals surface area contributed by atoms with Crippen molar-refractivity contribution < 1.29 is 0 Å². The first-order chi connectivity index (χ1) is 18.3. The molecule has 3 aromatic heterocycles. The van der Waals surface area contributed by atoms with E-state index >= 15 is 0 Å². The second-order valence-corrected chi connectivity index (χ2v) is 10.2. The highest BCUT2D eigenvalue weighted by Crippen LogP contribution is 2.36. The Kier molecular flexibility index (Phi) is 5.83. The number of rotatable bonds is 5. The van der Waals surface area contributed by atoms with Crippen LogP contribution in [-0.4, -0.2) is 70.6 Å². The van der Waals surface area contributed by atoms with Crippen molar-refractivity contribution in [1.29, 1.82) is 0 Å². The number of hydrogen-bond donors (Lipinski definition) is 3. The minimum atomic E-state index is 0.772. The highest BCUT2D eigenvalue weighted by molar-refractivity contribution is 5.94. The Morgan fingerprint density at radius 1 is 0.865 bits per heavy atom. The molecule has 0 aliphatic carbocycles. The smallest absolute Gasteiger partial charge is 0.139 e. The number of benzene rings is 1. The van der Waals surface area contributed by atoms with E-state index in [9.17, 15) is 0 Å². The second kappa shape index (κ2) is 9.61. The highest BCUT2D eigenvalue weighted by atomic mass is 15.2. The quantitative estimate of drug-likeness (QED) is 0.390. The van der Waals surface area contributed by atoms with Gasteiger partial charge >= 0.3 is 0 Å². The van der Waals surface area contributed by atoms with E-state index < -0.39 is 0 Å². The second-order valence-electron chi connectivity index (χ2n) is 10.2. The molecule has 2 saturated heterocycles. The van der Waals surface area contributed by atoms with Crippen molar-refractivity contribution in [3.05, 3.63) is 72.1 Å². The Morgan fingerprint density at radius 3 is 2.62 bits per heavy atom. The minimum Gasteiger partial charge on any atom is -0.381 e. The van der Waals surface area contributed by atoms with Gasteiger partial charge in [0.25, 0.3) is 0 Å². The lowest BCUT2D eigenvalue weighted by Crippen LogP contribution is -2.43. The fraction of sp³-hybridized carbons (Fsp3) is 0.345. The van der Waals surface area contributed by atoms with Gasteiger partial charge in [0.05, 0.1) is 23.6 Å². The molecule has 3 N–H and O–H groups in total. The highest BCUT2D eigenvalue weighted by Gasteiger charge is 2.21.